The minimum atomic E-state index is -0.769. The van der Waals surface area contributed by atoms with Crippen LogP contribution in [0.15, 0.2) is 18.5 Å². The van der Waals surface area contributed by atoms with Gasteiger partial charge >= 0.3 is 5.97 Å². The Morgan fingerprint density at radius 2 is 1.88 bits per heavy atom. The van der Waals surface area contributed by atoms with Gasteiger partial charge in [0.15, 0.2) is 0 Å². The molecule has 1 N–H and O–H groups in total. The van der Waals surface area contributed by atoms with Crippen molar-refractivity contribution in [2.75, 3.05) is 31.1 Å². The monoisotopic (exact) mass is 236 g/mol. The number of nitrogens with zero attached hydrogens (tertiary/aromatic N) is 4. The number of hydrogen-bond acceptors (Lipinski definition) is 5. The maximum Gasteiger partial charge on any atom is 0.320 e. The summed E-state index contributed by atoms with van der Waals surface area (Å²) in [6.45, 7) is 4.71. The van der Waals surface area contributed by atoms with E-state index in [4.69, 9.17) is 5.11 Å². The number of carboxylic acid groups (broad SMARTS) is 1. The van der Waals surface area contributed by atoms with Crippen LogP contribution in [0.3, 0.4) is 0 Å². The predicted octanol–water partition coefficient (Wildman–Crippen LogP) is 0.0717. The number of hydrogen-bond donors (Lipinski definition) is 1. The van der Waals surface area contributed by atoms with E-state index in [1.807, 2.05) is 4.90 Å². The molecule has 1 aromatic rings. The standard InChI is InChI=1S/C11H16N4O2/c1-9(10(16)17)14-5-7-15(8-6-14)11-12-3-2-4-13-11/h2-4,9H,5-8H2,1H3,(H,16,17). The van der Waals surface area contributed by atoms with E-state index < -0.39 is 12.0 Å². The quantitative estimate of drug-likeness (QED) is 0.801. The first-order valence-corrected chi connectivity index (χ1v) is 5.67. The molecule has 0 amide bonds. The molecule has 1 aliphatic heterocycles. The summed E-state index contributed by atoms with van der Waals surface area (Å²) < 4.78 is 0. The van der Waals surface area contributed by atoms with Gasteiger partial charge in [-0.3, -0.25) is 9.69 Å². The van der Waals surface area contributed by atoms with Crippen molar-refractivity contribution in [3.05, 3.63) is 18.5 Å². The lowest BCUT2D eigenvalue weighted by molar-refractivity contribution is -0.142. The SMILES string of the molecule is CC(C(=O)O)N1CCN(c2ncccn2)CC1. The molecule has 0 aromatic carbocycles. The smallest absolute Gasteiger partial charge is 0.320 e. The highest BCUT2D eigenvalue weighted by atomic mass is 16.4. The number of piperazine rings is 1. The Kier molecular flexibility index (Phi) is 3.53. The van der Waals surface area contributed by atoms with Crippen LogP contribution in [0.2, 0.25) is 0 Å². The lowest BCUT2D eigenvalue weighted by Gasteiger charge is -2.36. The van der Waals surface area contributed by atoms with E-state index in [1.54, 1.807) is 25.4 Å². The molecular weight excluding hydrogens is 220 g/mol. The zero-order valence-corrected chi connectivity index (χ0v) is 9.78. The molecule has 1 atom stereocenters. The average molecular weight is 236 g/mol. The number of anilines is 1. The van der Waals surface area contributed by atoms with Crippen molar-refractivity contribution in [3.8, 4) is 0 Å². The van der Waals surface area contributed by atoms with Crippen LogP contribution >= 0.6 is 0 Å². The molecule has 6 nitrogen and oxygen atoms in total. The van der Waals surface area contributed by atoms with Gasteiger partial charge in [-0.05, 0) is 13.0 Å². The first kappa shape index (κ1) is 11.8. The molecule has 1 saturated heterocycles. The van der Waals surface area contributed by atoms with Crippen LogP contribution in [0.1, 0.15) is 6.92 Å². The molecule has 2 rings (SSSR count). The number of carboxylic acids is 1. The van der Waals surface area contributed by atoms with Crippen LogP contribution in [-0.4, -0.2) is 58.2 Å². The van der Waals surface area contributed by atoms with Gasteiger partial charge in [0.25, 0.3) is 0 Å². The Morgan fingerprint density at radius 3 is 2.41 bits per heavy atom. The van der Waals surface area contributed by atoms with Crippen LogP contribution < -0.4 is 4.90 Å². The Morgan fingerprint density at radius 1 is 1.29 bits per heavy atom. The summed E-state index contributed by atoms with van der Waals surface area (Å²) >= 11 is 0. The van der Waals surface area contributed by atoms with Crippen molar-refractivity contribution in [1.82, 2.24) is 14.9 Å². The van der Waals surface area contributed by atoms with Gasteiger partial charge in [-0.2, -0.15) is 0 Å². The van der Waals surface area contributed by atoms with Gasteiger partial charge in [0.2, 0.25) is 5.95 Å². The third-order valence-corrected chi connectivity index (χ3v) is 3.05. The highest BCUT2D eigenvalue weighted by Crippen LogP contribution is 2.11. The molecule has 17 heavy (non-hydrogen) atoms. The topological polar surface area (TPSA) is 69.6 Å². The Hall–Kier alpha value is -1.69. The van der Waals surface area contributed by atoms with Crippen LogP contribution in [0.4, 0.5) is 5.95 Å². The molecule has 0 radical (unpaired) electrons. The second kappa shape index (κ2) is 5.09. The van der Waals surface area contributed by atoms with Gasteiger partial charge in [0.1, 0.15) is 6.04 Å². The second-order valence-corrected chi connectivity index (χ2v) is 4.09. The molecule has 1 unspecified atom stereocenters. The van der Waals surface area contributed by atoms with Crippen LogP contribution in [-0.2, 0) is 4.79 Å². The van der Waals surface area contributed by atoms with Crippen LogP contribution in [0.25, 0.3) is 0 Å². The van der Waals surface area contributed by atoms with Gasteiger partial charge in [-0.1, -0.05) is 0 Å². The molecule has 1 fully saturated rings. The molecular formula is C11H16N4O2. The number of rotatable bonds is 3. The van der Waals surface area contributed by atoms with Crippen molar-refractivity contribution >= 4 is 11.9 Å². The minimum absolute atomic E-state index is 0.422. The Balaban J connectivity index is 1.93. The summed E-state index contributed by atoms with van der Waals surface area (Å²) in [5.74, 6) is -0.0514. The van der Waals surface area contributed by atoms with E-state index in [1.165, 1.54) is 0 Å². The second-order valence-electron chi connectivity index (χ2n) is 4.09. The van der Waals surface area contributed by atoms with E-state index in [2.05, 4.69) is 14.9 Å². The van der Waals surface area contributed by atoms with Crippen molar-refractivity contribution in [2.45, 2.75) is 13.0 Å². The third-order valence-electron chi connectivity index (χ3n) is 3.05. The fourth-order valence-corrected chi connectivity index (χ4v) is 1.92. The fraction of sp³-hybridized carbons (Fsp3) is 0.545. The maximum atomic E-state index is 10.9. The minimum Gasteiger partial charge on any atom is -0.480 e. The normalized spacial score (nSPS) is 19.0. The lowest BCUT2D eigenvalue weighted by atomic mass is 10.2. The summed E-state index contributed by atoms with van der Waals surface area (Å²) in [4.78, 5) is 23.3. The van der Waals surface area contributed by atoms with Crippen molar-refractivity contribution in [3.63, 3.8) is 0 Å². The fourth-order valence-electron chi connectivity index (χ4n) is 1.92. The zero-order chi connectivity index (χ0) is 12.3. The molecule has 92 valence electrons. The summed E-state index contributed by atoms with van der Waals surface area (Å²) in [5, 5.41) is 8.94. The van der Waals surface area contributed by atoms with E-state index in [9.17, 15) is 4.79 Å². The van der Waals surface area contributed by atoms with Crippen molar-refractivity contribution in [2.24, 2.45) is 0 Å². The van der Waals surface area contributed by atoms with Gasteiger partial charge in [-0.15, -0.1) is 0 Å². The van der Waals surface area contributed by atoms with Crippen molar-refractivity contribution < 1.29 is 9.90 Å². The molecule has 0 saturated carbocycles. The van der Waals surface area contributed by atoms with Gasteiger partial charge in [0, 0.05) is 38.6 Å². The first-order chi connectivity index (χ1) is 8.18. The molecule has 0 spiro atoms. The van der Waals surface area contributed by atoms with E-state index >= 15 is 0 Å². The van der Waals surface area contributed by atoms with E-state index in [0.29, 0.717) is 0 Å². The molecule has 0 aliphatic carbocycles. The highest BCUT2D eigenvalue weighted by Gasteiger charge is 2.25. The first-order valence-electron chi connectivity index (χ1n) is 5.67. The number of carbonyl (C=O) groups is 1. The highest BCUT2D eigenvalue weighted by molar-refractivity contribution is 5.72. The van der Waals surface area contributed by atoms with Crippen LogP contribution in [0, 0.1) is 0 Å². The Labute approximate surface area is 99.9 Å². The molecule has 2 heterocycles. The average Bonchev–Trinajstić information content (AvgIpc) is 2.39. The summed E-state index contributed by atoms with van der Waals surface area (Å²) in [7, 11) is 0. The van der Waals surface area contributed by atoms with E-state index in [0.717, 1.165) is 32.1 Å². The molecule has 1 aromatic heterocycles. The predicted molar refractivity (Wildman–Crippen MR) is 62.9 cm³/mol. The summed E-state index contributed by atoms with van der Waals surface area (Å²) in [6.07, 6.45) is 3.43. The third kappa shape index (κ3) is 2.71. The summed E-state index contributed by atoms with van der Waals surface area (Å²) in [5.41, 5.74) is 0. The van der Waals surface area contributed by atoms with E-state index in [-0.39, 0.29) is 0 Å². The lowest BCUT2D eigenvalue weighted by Crippen LogP contribution is -2.52. The zero-order valence-electron chi connectivity index (χ0n) is 9.78. The van der Waals surface area contributed by atoms with Gasteiger partial charge in [-0.25, -0.2) is 9.97 Å². The Bertz CT molecular complexity index is 376. The van der Waals surface area contributed by atoms with Gasteiger partial charge < -0.3 is 10.0 Å². The summed E-state index contributed by atoms with van der Waals surface area (Å²) in [6, 6.07) is 1.36. The number of aromatic nitrogens is 2. The largest absolute Gasteiger partial charge is 0.480 e. The van der Waals surface area contributed by atoms with Crippen LogP contribution in [0.5, 0.6) is 0 Å². The molecule has 6 heteroatoms. The maximum absolute atomic E-state index is 10.9. The number of aliphatic carboxylic acids is 1. The molecule has 0 bridgehead atoms. The van der Waals surface area contributed by atoms with Gasteiger partial charge in [0.05, 0.1) is 0 Å². The molecule has 1 aliphatic rings. The van der Waals surface area contributed by atoms with Crippen molar-refractivity contribution in [1.29, 1.82) is 0 Å².